The van der Waals surface area contributed by atoms with Gasteiger partial charge in [-0.1, -0.05) is 0 Å². The third kappa shape index (κ3) is 6.73. The first kappa shape index (κ1) is 30.4. The summed E-state index contributed by atoms with van der Waals surface area (Å²) in [6, 6.07) is 4.62. The lowest BCUT2D eigenvalue weighted by Crippen LogP contribution is -2.32. The van der Waals surface area contributed by atoms with E-state index in [1.165, 1.54) is 0 Å². The third-order valence-electron chi connectivity index (χ3n) is 6.15. The SMILES string of the molecule is CC(C)(COc1cc2c(cc1C(F)(F)F)N(c1ccc(F)cc1)C[C@H](CCC(F)(F)F)[C@H](F)S2(=O)=O)C(=O)O. The van der Waals surface area contributed by atoms with E-state index in [0.29, 0.717) is 12.1 Å². The number of nitrogens with zero attached hydrogens (tertiary/aromatic N) is 1. The van der Waals surface area contributed by atoms with Crippen molar-refractivity contribution in [2.24, 2.45) is 11.3 Å². The van der Waals surface area contributed by atoms with Gasteiger partial charge in [-0.05, 0) is 50.6 Å². The summed E-state index contributed by atoms with van der Waals surface area (Å²) < 4.78 is 142. The molecule has 1 N–H and O–H groups in total. The molecule has 6 nitrogen and oxygen atoms in total. The van der Waals surface area contributed by atoms with Crippen LogP contribution < -0.4 is 9.64 Å². The van der Waals surface area contributed by atoms with Crippen molar-refractivity contribution >= 4 is 27.2 Å². The largest absolute Gasteiger partial charge is 0.492 e. The van der Waals surface area contributed by atoms with Gasteiger partial charge in [-0.3, -0.25) is 4.79 Å². The van der Waals surface area contributed by atoms with Crippen LogP contribution in [0.2, 0.25) is 0 Å². The molecule has 0 radical (unpaired) electrons. The van der Waals surface area contributed by atoms with Crippen LogP contribution in [0.25, 0.3) is 0 Å². The Hall–Kier alpha value is -3.10. The van der Waals surface area contributed by atoms with Crippen LogP contribution in [-0.2, 0) is 20.8 Å². The Morgan fingerprint density at radius 2 is 1.67 bits per heavy atom. The smallest absolute Gasteiger partial charge is 0.420 e. The Bertz CT molecular complexity index is 1320. The van der Waals surface area contributed by atoms with Gasteiger partial charge in [0.2, 0.25) is 15.3 Å². The number of halogens is 8. The molecule has 0 saturated heterocycles. The number of hydrogen-bond donors (Lipinski definition) is 1. The van der Waals surface area contributed by atoms with E-state index < -0.39 is 98.7 Å². The molecule has 0 fully saturated rings. The molecule has 39 heavy (non-hydrogen) atoms. The van der Waals surface area contributed by atoms with Crippen molar-refractivity contribution in [3.8, 4) is 5.75 Å². The highest BCUT2D eigenvalue weighted by atomic mass is 32.2. The lowest BCUT2D eigenvalue weighted by molar-refractivity contribution is -0.148. The van der Waals surface area contributed by atoms with Gasteiger partial charge in [-0.15, -0.1) is 0 Å². The van der Waals surface area contributed by atoms with Crippen molar-refractivity contribution in [3.63, 3.8) is 0 Å². The fourth-order valence-electron chi connectivity index (χ4n) is 3.88. The molecule has 1 heterocycles. The molecule has 0 aliphatic carbocycles. The van der Waals surface area contributed by atoms with Crippen molar-refractivity contribution in [2.75, 3.05) is 18.1 Å². The molecule has 15 heteroatoms. The molecule has 3 rings (SSSR count). The highest BCUT2D eigenvalue weighted by molar-refractivity contribution is 7.92. The number of benzene rings is 2. The molecule has 2 aromatic carbocycles. The second-order valence-corrected chi connectivity index (χ2v) is 11.7. The second-order valence-electron chi connectivity index (χ2n) is 9.69. The van der Waals surface area contributed by atoms with E-state index in [9.17, 15) is 49.1 Å². The molecule has 2 aromatic rings. The van der Waals surface area contributed by atoms with Gasteiger partial charge in [0.1, 0.15) is 18.2 Å². The Morgan fingerprint density at radius 3 is 2.18 bits per heavy atom. The number of fused-ring (bicyclic) bond motifs is 1. The number of carboxylic acids is 1. The van der Waals surface area contributed by atoms with E-state index in [1.54, 1.807) is 0 Å². The standard InChI is InChI=1S/C24H23F8NO5S/c1-22(2,21(34)35)12-38-18-10-19-17(9-16(18)24(30,31)32)33(15-5-3-14(25)4-6-15)11-13(7-8-23(27,28)29)20(26)39(19,36)37/h3-6,9-10,13,20H,7-8,11-12H2,1-2H3,(H,34,35)/t13-,20+/m0/s1. The number of hydrogen-bond acceptors (Lipinski definition) is 5. The molecule has 216 valence electrons. The van der Waals surface area contributed by atoms with Crippen molar-refractivity contribution in [3.05, 3.63) is 47.8 Å². The third-order valence-corrected chi connectivity index (χ3v) is 8.07. The number of anilines is 2. The average Bonchev–Trinajstić information content (AvgIpc) is 2.88. The quantitative estimate of drug-likeness (QED) is 0.371. The predicted molar refractivity (Wildman–Crippen MR) is 123 cm³/mol. The molecule has 2 atom stereocenters. The van der Waals surface area contributed by atoms with Gasteiger partial charge in [-0.2, -0.15) is 26.3 Å². The van der Waals surface area contributed by atoms with E-state index in [4.69, 9.17) is 4.74 Å². The van der Waals surface area contributed by atoms with Crippen molar-refractivity contribution < 1.29 is 58.2 Å². The zero-order valence-electron chi connectivity index (χ0n) is 20.4. The van der Waals surface area contributed by atoms with Crippen molar-refractivity contribution in [1.29, 1.82) is 0 Å². The monoisotopic (exact) mass is 589 g/mol. The van der Waals surface area contributed by atoms with Gasteiger partial charge in [0.15, 0.2) is 0 Å². The zero-order chi connectivity index (χ0) is 29.6. The van der Waals surface area contributed by atoms with Gasteiger partial charge in [0.25, 0.3) is 0 Å². The van der Waals surface area contributed by atoms with Crippen LogP contribution in [0.4, 0.5) is 46.5 Å². The number of alkyl halides is 7. The molecule has 0 amide bonds. The van der Waals surface area contributed by atoms with Crippen LogP contribution in [0.15, 0.2) is 41.3 Å². The minimum atomic E-state index is -5.19. The van der Waals surface area contributed by atoms with Crippen LogP contribution in [0, 0.1) is 17.2 Å². The topological polar surface area (TPSA) is 83.9 Å². The molecular formula is C24H23F8NO5S. The highest BCUT2D eigenvalue weighted by Gasteiger charge is 2.46. The summed E-state index contributed by atoms with van der Waals surface area (Å²) in [4.78, 5) is 11.3. The molecule has 1 aliphatic heterocycles. The summed E-state index contributed by atoms with van der Waals surface area (Å²) >= 11 is 0. The van der Waals surface area contributed by atoms with Crippen LogP contribution in [0.1, 0.15) is 32.3 Å². The Labute approximate surface area is 218 Å². The normalized spacial score (nSPS) is 19.8. The first-order chi connectivity index (χ1) is 17.7. The molecule has 0 unspecified atom stereocenters. The van der Waals surface area contributed by atoms with Gasteiger partial charge in [0.05, 0.1) is 21.6 Å². The maximum Gasteiger partial charge on any atom is 0.420 e. The molecule has 1 aliphatic rings. The highest BCUT2D eigenvalue weighted by Crippen LogP contribution is 2.47. The predicted octanol–water partition coefficient (Wildman–Crippen LogP) is 6.51. The first-order valence-corrected chi connectivity index (χ1v) is 12.9. The first-order valence-electron chi connectivity index (χ1n) is 11.3. The maximum absolute atomic E-state index is 15.5. The maximum atomic E-state index is 15.5. The Kier molecular flexibility index (Phi) is 8.17. The second kappa shape index (κ2) is 10.5. The number of ether oxygens (including phenoxy) is 1. The van der Waals surface area contributed by atoms with Crippen molar-refractivity contribution in [2.45, 2.75) is 49.4 Å². The van der Waals surface area contributed by atoms with Gasteiger partial charge in [-0.25, -0.2) is 17.2 Å². The summed E-state index contributed by atoms with van der Waals surface area (Å²) in [6.45, 7) is 0.668. The number of aliphatic carboxylic acids is 1. The van der Waals surface area contributed by atoms with Crippen LogP contribution in [0.5, 0.6) is 5.75 Å². The van der Waals surface area contributed by atoms with Crippen LogP contribution in [0.3, 0.4) is 0 Å². The fraction of sp³-hybridized carbons (Fsp3) is 0.458. The number of rotatable bonds is 7. The van der Waals surface area contributed by atoms with E-state index in [0.717, 1.165) is 43.0 Å². The molecule has 0 bridgehead atoms. The zero-order valence-corrected chi connectivity index (χ0v) is 21.2. The summed E-state index contributed by atoms with van der Waals surface area (Å²) in [5.74, 6) is -5.14. The van der Waals surface area contributed by atoms with E-state index in [2.05, 4.69) is 0 Å². The minimum Gasteiger partial charge on any atom is -0.492 e. The van der Waals surface area contributed by atoms with Crippen LogP contribution >= 0.6 is 0 Å². The summed E-state index contributed by atoms with van der Waals surface area (Å²) in [5.41, 5.74) is -7.00. The average molecular weight is 590 g/mol. The van der Waals surface area contributed by atoms with Gasteiger partial charge < -0.3 is 14.7 Å². The molecule has 0 aromatic heterocycles. The number of carboxylic acid groups (broad SMARTS) is 1. The number of carbonyl (C=O) groups is 1. The summed E-state index contributed by atoms with van der Waals surface area (Å²) in [5, 5.41) is 9.25. The van der Waals surface area contributed by atoms with E-state index >= 15 is 4.39 Å². The summed E-state index contributed by atoms with van der Waals surface area (Å²) in [7, 11) is -5.19. The van der Waals surface area contributed by atoms with E-state index in [-0.39, 0.29) is 5.69 Å². The molecule has 0 spiro atoms. The molecular weight excluding hydrogens is 566 g/mol. The Balaban J connectivity index is 2.26. The van der Waals surface area contributed by atoms with Crippen LogP contribution in [-0.4, -0.2) is 44.3 Å². The lowest BCUT2D eigenvalue weighted by atomic mass is 9.95. The lowest BCUT2D eigenvalue weighted by Gasteiger charge is -2.29. The molecule has 0 saturated carbocycles. The van der Waals surface area contributed by atoms with Gasteiger partial charge >= 0.3 is 18.3 Å². The van der Waals surface area contributed by atoms with Gasteiger partial charge in [0, 0.05) is 30.6 Å². The fourth-order valence-corrected chi connectivity index (χ4v) is 5.58. The summed E-state index contributed by atoms with van der Waals surface area (Å²) in [6.07, 6.45) is -12.5. The number of sulfone groups is 1. The van der Waals surface area contributed by atoms with Crippen molar-refractivity contribution in [1.82, 2.24) is 0 Å². The Morgan fingerprint density at radius 1 is 1.08 bits per heavy atom. The minimum absolute atomic E-state index is 0.104. The van der Waals surface area contributed by atoms with E-state index in [1.807, 2.05) is 0 Å².